The van der Waals surface area contributed by atoms with Crippen molar-refractivity contribution in [3.05, 3.63) is 33.8 Å². The van der Waals surface area contributed by atoms with Gasteiger partial charge in [0.1, 0.15) is 6.67 Å². The third-order valence-corrected chi connectivity index (χ3v) is 1.71. The molecule has 0 fully saturated rings. The SMILES string of the molecule is Cc1cc(Br)cc(CF)c1. The highest BCUT2D eigenvalue weighted by Gasteiger charge is 1.94. The van der Waals surface area contributed by atoms with Crippen LogP contribution in [0.4, 0.5) is 4.39 Å². The third kappa shape index (κ3) is 1.81. The Morgan fingerprint density at radius 2 is 2.10 bits per heavy atom. The molecule has 10 heavy (non-hydrogen) atoms. The van der Waals surface area contributed by atoms with Gasteiger partial charge in [0.2, 0.25) is 0 Å². The van der Waals surface area contributed by atoms with Crippen LogP contribution in [0.3, 0.4) is 0 Å². The summed E-state index contributed by atoms with van der Waals surface area (Å²) in [7, 11) is 0. The average molecular weight is 203 g/mol. The van der Waals surface area contributed by atoms with E-state index in [-0.39, 0.29) is 6.67 Å². The molecule has 0 N–H and O–H groups in total. The first-order valence-corrected chi connectivity index (χ1v) is 3.83. The van der Waals surface area contributed by atoms with Crippen molar-refractivity contribution >= 4 is 15.9 Å². The lowest BCUT2D eigenvalue weighted by Crippen LogP contribution is -1.80. The predicted octanol–water partition coefficient (Wildman–Crippen LogP) is 3.23. The fourth-order valence-electron chi connectivity index (χ4n) is 0.889. The van der Waals surface area contributed by atoms with Gasteiger partial charge >= 0.3 is 0 Å². The van der Waals surface area contributed by atoms with Crippen molar-refractivity contribution in [3.8, 4) is 0 Å². The zero-order chi connectivity index (χ0) is 7.56. The summed E-state index contributed by atoms with van der Waals surface area (Å²) in [5.74, 6) is 0. The molecule has 0 spiro atoms. The molecule has 1 aromatic carbocycles. The second-order valence-electron chi connectivity index (χ2n) is 2.27. The zero-order valence-corrected chi connectivity index (χ0v) is 7.28. The maximum absolute atomic E-state index is 12.1. The van der Waals surface area contributed by atoms with Gasteiger partial charge in [-0.15, -0.1) is 0 Å². The van der Waals surface area contributed by atoms with Gasteiger partial charge in [-0.25, -0.2) is 4.39 Å². The Kier molecular flexibility index (Phi) is 2.44. The second-order valence-corrected chi connectivity index (χ2v) is 3.19. The Hall–Kier alpha value is -0.370. The fourth-order valence-corrected chi connectivity index (χ4v) is 1.54. The van der Waals surface area contributed by atoms with E-state index in [0.717, 1.165) is 15.6 Å². The van der Waals surface area contributed by atoms with Crippen LogP contribution >= 0.6 is 15.9 Å². The van der Waals surface area contributed by atoms with E-state index in [1.807, 2.05) is 19.1 Å². The summed E-state index contributed by atoms with van der Waals surface area (Å²) in [6.07, 6.45) is 0. The molecule has 2 heteroatoms. The number of hydrogen-bond donors (Lipinski definition) is 0. The quantitative estimate of drug-likeness (QED) is 0.657. The Labute approximate surface area is 68.2 Å². The number of hydrogen-bond acceptors (Lipinski definition) is 0. The summed E-state index contributed by atoms with van der Waals surface area (Å²) in [6, 6.07) is 5.58. The molecule has 1 aromatic rings. The smallest absolute Gasteiger partial charge is 0.115 e. The minimum absolute atomic E-state index is 0.389. The van der Waals surface area contributed by atoms with E-state index in [9.17, 15) is 4.39 Å². The number of rotatable bonds is 1. The van der Waals surface area contributed by atoms with Gasteiger partial charge in [-0.3, -0.25) is 0 Å². The van der Waals surface area contributed by atoms with Crippen molar-refractivity contribution < 1.29 is 4.39 Å². The van der Waals surface area contributed by atoms with Crippen LogP contribution in [0.25, 0.3) is 0 Å². The lowest BCUT2D eigenvalue weighted by Gasteiger charge is -1.97. The highest BCUT2D eigenvalue weighted by Crippen LogP contribution is 2.15. The maximum atomic E-state index is 12.1. The van der Waals surface area contributed by atoms with E-state index >= 15 is 0 Å². The first-order valence-electron chi connectivity index (χ1n) is 3.04. The topological polar surface area (TPSA) is 0 Å². The van der Waals surface area contributed by atoms with Crippen LogP contribution in [0.5, 0.6) is 0 Å². The Balaban J connectivity index is 3.06. The van der Waals surface area contributed by atoms with Crippen molar-refractivity contribution in [2.75, 3.05) is 0 Å². The Bertz CT molecular complexity index is 212. The van der Waals surface area contributed by atoms with Crippen LogP contribution in [-0.4, -0.2) is 0 Å². The van der Waals surface area contributed by atoms with Crippen molar-refractivity contribution in [1.82, 2.24) is 0 Å². The molecular formula is C8H8BrF. The molecule has 0 aromatic heterocycles. The molecule has 0 saturated carbocycles. The first-order chi connectivity index (χ1) is 4.72. The van der Waals surface area contributed by atoms with Crippen LogP contribution in [-0.2, 0) is 6.67 Å². The normalized spacial score (nSPS) is 9.90. The molecule has 0 amide bonds. The van der Waals surface area contributed by atoms with Crippen LogP contribution in [0.1, 0.15) is 11.1 Å². The molecule has 0 atom stereocenters. The summed E-state index contributed by atoms with van der Waals surface area (Å²) in [5.41, 5.74) is 1.81. The second kappa shape index (κ2) is 3.15. The molecule has 0 radical (unpaired) electrons. The van der Waals surface area contributed by atoms with Crippen molar-refractivity contribution in [1.29, 1.82) is 0 Å². The number of alkyl halides is 1. The maximum Gasteiger partial charge on any atom is 0.115 e. The largest absolute Gasteiger partial charge is 0.246 e. The summed E-state index contributed by atoms with van der Waals surface area (Å²) in [5, 5.41) is 0. The van der Waals surface area contributed by atoms with Gasteiger partial charge in [-0.05, 0) is 30.2 Å². The molecule has 0 heterocycles. The number of halogens is 2. The molecule has 0 aliphatic carbocycles. The van der Waals surface area contributed by atoms with E-state index in [4.69, 9.17) is 0 Å². The summed E-state index contributed by atoms with van der Waals surface area (Å²) < 4.78 is 13.0. The van der Waals surface area contributed by atoms with E-state index in [2.05, 4.69) is 15.9 Å². The minimum Gasteiger partial charge on any atom is -0.246 e. The monoisotopic (exact) mass is 202 g/mol. The summed E-state index contributed by atoms with van der Waals surface area (Å²) >= 11 is 3.29. The summed E-state index contributed by atoms with van der Waals surface area (Å²) in [6.45, 7) is 1.56. The highest BCUT2D eigenvalue weighted by molar-refractivity contribution is 9.10. The average Bonchev–Trinajstić information content (AvgIpc) is 1.85. The molecule has 0 nitrogen and oxygen atoms in total. The standard InChI is InChI=1S/C8H8BrF/c1-6-2-7(5-10)4-8(9)3-6/h2-4H,5H2,1H3. The van der Waals surface area contributed by atoms with E-state index in [0.29, 0.717) is 0 Å². The van der Waals surface area contributed by atoms with Gasteiger partial charge in [0, 0.05) is 4.47 Å². The molecule has 0 saturated heterocycles. The van der Waals surface area contributed by atoms with Gasteiger partial charge in [-0.1, -0.05) is 22.0 Å². The Morgan fingerprint density at radius 3 is 2.60 bits per heavy atom. The zero-order valence-electron chi connectivity index (χ0n) is 5.70. The number of benzene rings is 1. The molecule has 0 aliphatic rings. The lowest BCUT2D eigenvalue weighted by atomic mass is 10.2. The molecule has 0 unspecified atom stereocenters. The van der Waals surface area contributed by atoms with Gasteiger partial charge < -0.3 is 0 Å². The minimum atomic E-state index is -0.389. The molecular weight excluding hydrogens is 195 g/mol. The van der Waals surface area contributed by atoms with Crippen molar-refractivity contribution in [3.63, 3.8) is 0 Å². The van der Waals surface area contributed by atoms with Crippen LogP contribution in [0, 0.1) is 6.92 Å². The van der Waals surface area contributed by atoms with Crippen molar-refractivity contribution in [2.24, 2.45) is 0 Å². The lowest BCUT2D eigenvalue weighted by molar-refractivity contribution is 0.485. The van der Waals surface area contributed by atoms with Gasteiger partial charge in [0.15, 0.2) is 0 Å². The van der Waals surface area contributed by atoms with Gasteiger partial charge in [0.25, 0.3) is 0 Å². The number of aryl methyl sites for hydroxylation is 1. The fraction of sp³-hybridized carbons (Fsp3) is 0.250. The van der Waals surface area contributed by atoms with Gasteiger partial charge in [-0.2, -0.15) is 0 Å². The van der Waals surface area contributed by atoms with E-state index in [1.165, 1.54) is 0 Å². The molecule has 0 aliphatic heterocycles. The predicted molar refractivity (Wildman–Crippen MR) is 43.7 cm³/mol. The van der Waals surface area contributed by atoms with E-state index < -0.39 is 0 Å². The van der Waals surface area contributed by atoms with Crippen LogP contribution in [0.2, 0.25) is 0 Å². The molecule has 0 bridgehead atoms. The summed E-state index contributed by atoms with van der Waals surface area (Å²) in [4.78, 5) is 0. The van der Waals surface area contributed by atoms with Gasteiger partial charge in [0.05, 0.1) is 0 Å². The third-order valence-electron chi connectivity index (χ3n) is 1.26. The van der Waals surface area contributed by atoms with E-state index in [1.54, 1.807) is 6.07 Å². The molecule has 1 rings (SSSR count). The molecule has 54 valence electrons. The van der Waals surface area contributed by atoms with Crippen molar-refractivity contribution in [2.45, 2.75) is 13.6 Å². The van der Waals surface area contributed by atoms with Crippen LogP contribution in [0.15, 0.2) is 22.7 Å². The van der Waals surface area contributed by atoms with Crippen LogP contribution < -0.4 is 0 Å². The highest BCUT2D eigenvalue weighted by atomic mass is 79.9. The first kappa shape index (κ1) is 7.73. The Morgan fingerprint density at radius 1 is 1.40 bits per heavy atom.